The number of carbonyl (C=O) groups excluding carboxylic acids is 2. The van der Waals surface area contributed by atoms with Gasteiger partial charge >= 0.3 is 11.9 Å². The summed E-state index contributed by atoms with van der Waals surface area (Å²) in [6, 6.07) is 0. The zero-order valence-corrected chi connectivity index (χ0v) is 8.20. The molecule has 0 heterocycles. The predicted molar refractivity (Wildman–Crippen MR) is 46.8 cm³/mol. The Morgan fingerprint density at radius 1 is 1.23 bits per heavy atom. The van der Waals surface area contributed by atoms with E-state index in [0.29, 0.717) is 6.42 Å². The zero-order valence-electron chi connectivity index (χ0n) is 8.20. The van der Waals surface area contributed by atoms with Crippen LogP contribution in [0.3, 0.4) is 0 Å². The third kappa shape index (κ3) is 5.22. The van der Waals surface area contributed by atoms with Gasteiger partial charge in [-0.2, -0.15) is 0 Å². The van der Waals surface area contributed by atoms with E-state index >= 15 is 0 Å². The van der Waals surface area contributed by atoms with Gasteiger partial charge in [-0.05, 0) is 20.3 Å². The van der Waals surface area contributed by atoms with E-state index in [-0.39, 0.29) is 0 Å². The van der Waals surface area contributed by atoms with Crippen molar-refractivity contribution in [2.45, 2.75) is 39.4 Å². The first-order chi connectivity index (χ1) is 5.97. The monoisotopic (exact) mass is 187 g/mol. The summed E-state index contributed by atoms with van der Waals surface area (Å²) in [7, 11) is 0. The van der Waals surface area contributed by atoms with Crippen molar-refractivity contribution in [2.24, 2.45) is 0 Å². The molecule has 2 atom stereocenters. The van der Waals surface area contributed by atoms with Crippen molar-refractivity contribution in [2.75, 3.05) is 0 Å². The molecule has 0 aromatic rings. The third-order valence-corrected chi connectivity index (χ3v) is 1.48. The van der Waals surface area contributed by atoms with Gasteiger partial charge in [-0.25, -0.2) is 0 Å². The molecule has 2 unspecified atom stereocenters. The van der Waals surface area contributed by atoms with Gasteiger partial charge in [-0.15, -0.1) is 0 Å². The fourth-order valence-corrected chi connectivity index (χ4v) is 0.940. The lowest BCUT2D eigenvalue weighted by molar-refractivity contribution is -0.163. The van der Waals surface area contributed by atoms with Gasteiger partial charge < -0.3 is 9.47 Å². The first-order valence-corrected chi connectivity index (χ1v) is 4.11. The second-order valence-corrected chi connectivity index (χ2v) is 2.75. The molecule has 13 heavy (non-hydrogen) atoms. The van der Waals surface area contributed by atoms with E-state index in [1.807, 2.05) is 0 Å². The van der Waals surface area contributed by atoms with Gasteiger partial charge in [0.2, 0.25) is 0 Å². The van der Waals surface area contributed by atoms with Crippen LogP contribution >= 0.6 is 0 Å². The number of esters is 2. The average molecular weight is 187 g/mol. The second-order valence-electron chi connectivity index (χ2n) is 2.75. The Morgan fingerprint density at radius 2 is 1.69 bits per heavy atom. The van der Waals surface area contributed by atoms with E-state index in [1.54, 1.807) is 6.92 Å². The van der Waals surface area contributed by atoms with Gasteiger partial charge in [0, 0.05) is 13.8 Å². The van der Waals surface area contributed by atoms with E-state index in [9.17, 15) is 9.59 Å². The average Bonchev–Trinajstić information content (AvgIpc) is 1.98. The highest BCUT2D eigenvalue weighted by molar-refractivity contribution is 5.67. The summed E-state index contributed by atoms with van der Waals surface area (Å²) in [4.78, 5) is 21.2. The lowest BCUT2D eigenvalue weighted by atomic mass is 10.2. The molecule has 0 aliphatic heterocycles. The molecule has 0 spiro atoms. The van der Waals surface area contributed by atoms with Crippen LogP contribution in [0, 0.1) is 6.92 Å². The van der Waals surface area contributed by atoms with E-state index in [0.717, 1.165) is 0 Å². The van der Waals surface area contributed by atoms with Crippen LogP contribution in [0.2, 0.25) is 0 Å². The topological polar surface area (TPSA) is 52.6 Å². The Balaban J connectivity index is 4.06. The van der Waals surface area contributed by atoms with Crippen molar-refractivity contribution in [1.29, 1.82) is 0 Å². The molecular formula is C9H15O4. The minimum atomic E-state index is -0.457. The van der Waals surface area contributed by atoms with Gasteiger partial charge in [0.05, 0.1) is 0 Å². The smallest absolute Gasteiger partial charge is 0.303 e. The summed E-state index contributed by atoms with van der Waals surface area (Å²) >= 11 is 0. The van der Waals surface area contributed by atoms with E-state index in [1.165, 1.54) is 13.8 Å². The summed E-state index contributed by atoms with van der Waals surface area (Å²) in [6.07, 6.45) is -0.520. The minimum Gasteiger partial charge on any atom is -0.459 e. The lowest BCUT2D eigenvalue weighted by Gasteiger charge is -2.21. The molecule has 75 valence electrons. The van der Waals surface area contributed by atoms with Crippen molar-refractivity contribution in [3.8, 4) is 0 Å². The molecule has 0 N–H and O–H groups in total. The standard InChI is InChI=1S/C9H15O4/c1-5-9(13-8(4)11)6(2)12-7(3)10/h6,9H,1,5H2,2-4H3. The molecule has 0 fully saturated rings. The molecule has 0 amide bonds. The van der Waals surface area contributed by atoms with E-state index in [2.05, 4.69) is 6.92 Å². The lowest BCUT2D eigenvalue weighted by Crippen LogP contribution is -2.31. The maximum Gasteiger partial charge on any atom is 0.303 e. The number of hydrogen-bond donors (Lipinski definition) is 0. The maximum absolute atomic E-state index is 10.6. The highest BCUT2D eigenvalue weighted by atomic mass is 16.6. The molecule has 4 heteroatoms. The number of ether oxygens (including phenoxy) is 2. The van der Waals surface area contributed by atoms with Crippen molar-refractivity contribution in [3.05, 3.63) is 6.92 Å². The summed E-state index contributed by atoms with van der Waals surface area (Å²) < 4.78 is 9.73. The predicted octanol–water partition coefficient (Wildman–Crippen LogP) is 1.09. The van der Waals surface area contributed by atoms with E-state index < -0.39 is 24.1 Å². The second kappa shape index (κ2) is 5.56. The SMILES string of the molecule is [CH2]CC(OC(C)=O)C(C)OC(C)=O. The van der Waals surface area contributed by atoms with Crippen LogP contribution in [0.5, 0.6) is 0 Å². The summed E-state index contributed by atoms with van der Waals surface area (Å²) in [5.41, 5.74) is 0. The zero-order chi connectivity index (χ0) is 10.4. The molecule has 0 saturated heterocycles. The van der Waals surface area contributed by atoms with Gasteiger partial charge in [-0.3, -0.25) is 9.59 Å². The Morgan fingerprint density at radius 3 is 2.00 bits per heavy atom. The Bertz CT molecular complexity index is 188. The van der Waals surface area contributed by atoms with Crippen LogP contribution in [-0.4, -0.2) is 24.1 Å². The largest absolute Gasteiger partial charge is 0.459 e. The van der Waals surface area contributed by atoms with Gasteiger partial charge in [-0.1, -0.05) is 0 Å². The fourth-order valence-electron chi connectivity index (χ4n) is 0.940. The number of carbonyl (C=O) groups is 2. The van der Waals surface area contributed by atoms with Crippen LogP contribution in [0.4, 0.5) is 0 Å². The molecule has 0 saturated carbocycles. The Kier molecular flexibility index (Phi) is 5.11. The van der Waals surface area contributed by atoms with Crippen LogP contribution in [0.1, 0.15) is 27.2 Å². The van der Waals surface area contributed by atoms with Crippen molar-refractivity contribution >= 4 is 11.9 Å². The molecule has 4 nitrogen and oxygen atoms in total. The minimum absolute atomic E-state index is 0.383. The number of hydrogen-bond acceptors (Lipinski definition) is 4. The van der Waals surface area contributed by atoms with Crippen LogP contribution in [0.15, 0.2) is 0 Å². The highest BCUT2D eigenvalue weighted by Gasteiger charge is 2.20. The van der Waals surface area contributed by atoms with Gasteiger partial charge in [0.25, 0.3) is 0 Å². The molecule has 0 aliphatic rings. The summed E-state index contributed by atoms with van der Waals surface area (Å²) in [5.74, 6) is -0.786. The maximum atomic E-state index is 10.6. The molecule has 0 bridgehead atoms. The molecular weight excluding hydrogens is 172 g/mol. The molecule has 0 aliphatic carbocycles. The molecule has 0 aromatic heterocycles. The molecule has 0 rings (SSSR count). The molecule has 0 aromatic carbocycles. The quantitative estimate of drug-likeness (QED) is 0.618. The third-order valence-electron chi connectivity index (χ3n) is 1.48. The van der Waals surface area contributed by atoms with Gasteiger partial charge in [0.1, 0.15) is 12.2 Å². The first-order valence-electron chi connectivity index (χ1n) is 4.11. The Labute approximate surface area is 78.2 Å². The van der Waals surface area contributed by atoms with E-state index in [4.69, 9.17) is 9.47 Å². The van der Waals surface area contributed by atoms with Crippen LogP contribution < -0.4 is 0 Å². The number of rotatable bonds is 4. The van der Waals surface area contributed by atoms with Crippen LogP contribution in [0.25, 0.3) is 0 Å². The Hall–Kier alpha value is -1.06. The van der Waals surface area contributed by atoms with Crippen LogP contribution in [-0.2, 0) is 19.1 Å². The molecule has 1 radical (unpaired) electrons. The highest BCUT2D eigenvalue weighted by Crippen LogP contribution is 2.08. The summed E-state index contributed by atoms with van der Waals surface area (Å²) in [6.45, 7) is 7.88. The van der Waals surface area contributed by atoms with Crippen molar-refractivity contribution in [1.82, 2.24) is 0 Å². The summed E-state index contributed by atoms with van der Waals surface area (Å²) in [5, 5.41) is 0. The van der Waals surface area contributed by atoms with Gasteiger partial charge in [0.15, 0.2) is 0 Å². The van der Waals surface area contributed by atoms with Crippen molar-refractivity contribution in [3.63, 3.8) is 0 Å². The fraction of sp³-hybridized carbons (Fsp3) is 0.667. The van der Waals surface area contributed by atoms with Crippen molar-refractivity contribution < 1.29 is 19.1 Å². The first kappa shape index (κ1) is 11.9. The normalized spacial score (nSPS) is 14.5.